The van der Waals surface area contributed by atoms with E-state index in [1.165, 1.54) is 28.0 Å². The predicted octanol–water partition coefficient (Wildman–Crippen LogP) is 5.19. The van der Waals surface area contributed by atoms with Crippen molar-refractivity contribution in [3.05, 3.63) is 126 Å². The zero-order valence-electron chi connectivity index (χ0n) is 15.4. The van der Waals surface area contributed by atoms with Crippen LogP contribution in [0.5, 0.6) is 0 Å². The third-order valence-electron chi connectivity index (χ3n) is 5.19. The summed E-state index contributed by atoms with van der Waals surface area (Å²) in [4.78, 5) is 0. The molecule has 4 rings (SSSR count). The molecule has 0 spiro atoms. The first-order valence-electron chi connectivity index (χ1n) is 9.30. The summed E-state index contributed by atoms with van der Waals surface area (Å²) in [6, 6.07) is 34.9. The van der Waals surface area contributed by atoms with Crippen LogP contribution in [0.2, 0.25) is 0 Å². The molecule has 0 fully saturated rings. The van der Waals surface area contributed by atoms with E-state index < -0.39 is 18.9 Å². The average molecular weight is 390 g/mol. The predicted molar refractivity (Wildman–Crippen MR) is 117 cm³/mol. The van der Waals surface area contributed by atoms with Crippen molar-refractivity contribution in [1.82, 2.24) is 0 Å². The minimum atomic E-state index is -2.54. The summed E-state index contributed by atoms with van der Waals surface area (Å²) in [7, 11) is -2.54. The number of benzene rings is 4. The molecule has 140 valence electrons. The van der Waals surface area contributed by atoms with Crippen LogP contribution in [-0.4, -0.2) is 0 Å². The molecule has 0 N–H and O–H groups in total. The molecular formula is C25H21F2P. The molecule has 0 radical (unpaired) electrons. The first-order chi connectivity index (χ1) is 13.7. The molecule has 0 saturated carbocycles. The fourth-order valence-electron chi connectivity index (χ4n) is 3.99. The molecule has 0 amide bonds. The van der Waals surface area contributed by atoms with Gasteiger partial charge in [-0.05, 0) is 0 Å². The molecule has 28 heavy (non-hydrogen) atoms. The molecule has 0 aliphatic rings. The quantitative estimate of drug-likeness (QED) is 0.412. The second-order valence-corrected chi connectivity index (χ2v) is 10.9. The van der Waals surface area contributed by atoms with Gasteiger partial charge in [0.2, 0.25) is 0 Å². The second kappa shape index (κ2) is 8.04. The van der Waals surface area contributed by atoms with Gasteiger partial charge in [-0.1, -0.05) is 0 Å². The zero-order valence-corrected chi connectivity index (χ0v) is 16.4. The molecule has 0 aliphatic carbocycles. The fourth-order valence-corrected chi connectivity index (χ4v) is 8.71. The summed E-state index contributed by atoms with van der Waals surface area (Å²) in [5.74, 6) is -1.07. The molecule has 0 aromatic heterocycles. The Balaban J connectivity index is 2.01. The fraction of sp³-hybridized carbons (Fsp3) is 0.0400. The van der Waals surface area contributed by atoms with Crippen molar-refractivity contribution in [3.63, 3.8) is 0 Å². The molecular weight excluding hydrogens is 369 g/mol. The standard InChI is InChI=1S/C25H21F2P/c26-21-16-20(17-22(27)18-21)19-28(23-10-4-1-5-11-23,24-12-6-2-7-13-24)25-14-8-3-9-15-25/h1-18,28H,19H2. The van der Waals surface area contributed by atoms with Crippen LogP contribution in [0.4, 0.5) is 8.78 Å². The van der Waals surface area contributed by atoms with Gasteiger partial charge in [0.25, 0.3) is 0 Å². The first kappa shape index (κ1) is 18.5. The monoisotopic (exact) mass is 390 g/mol. The van der Waals surface area contributed by atoms with Crippen molar-refractivity contribution in [2.75, 3.05) is 0 Å². The molecule has 0 nitrogen and oxygen atoms in total. The summed E-state index contributed by atoms with van der Waals surface area (Å²) in [6.45, 7) is 0. The van der Waals surface area contributed by atoms with Gasteiger partial charge in [-0.2, -0.15) is 0 Å². The van der Waals surface area contributed by atoms with E-state index in [-0.39, 0.29) is 0 Å². The third kappa shape index (κ3) is 3.61. The van der Waals surface area contributed by atoms with Gasteiger partial charge >= 0.3 is 165 Å². The Morgan fingerprint density at radius 3 is 1.21 bits per heavy atom. The van der Waals surface area contributed by atoms with Crippen LogP contribution in [0.3, 0.4) is 0 Å². The Kier molecular flexibility index (Phi) is 5.32. The molecule has 0 bridgehead atoms. The number of halogens is 2. The molecule has 0 unspecified atom stereocenters. The van der Waals surface area contributed by atoms with Crippen LogP contribution in [0, 0.1) is 11.6 Å². The zero-order chi connectivity index (χ0) is 19.4. The van der Waals surface area contributed by atoms with Crippen LogP contribution in [-0.2, 0) is 6.16 Å². The number of hydrogen-bond donors (Lipinski definition) is 0. The van der Waals surface area contributed by atoms with E-state index in [9.17, 15) is 8.78 Å². The maximum atomic E-state index is 14.0. The Labute approximate surface area is 164 Å². The van der Waals surface area contributed by atoms with Crippen molar-refractivity contribution in [3.8, 4) is 0 Å². The second-order valence-electron chi connectivity index (χ2n) is 6.96. The van der Waals surface area contributed by atoms with E-state index in [4.69, 9.17) is 0 Å². The van der Waals surface area contributed by atoms with Gasteiger partial charge in [0.1, 0.15) is 0 Å². The Hall–Kier alpha value is -2.83. The Morgan fingerprint density at radius 1 is 0.500 bits per heavy atom. The summed E-state index contributed by atoms with van der Waals surface area (Å²) in [5, 5.41) is 3.66. The number of rotatable bonds is 5. The summed E-state index contributed by atoms with van der Waals surface area (Å²) >= 11 is 0. The average Bonchev–Trinajstić information content (AvgIpc) is 2.73. The van der Waals surface area contributed by atoms with Crippen molar-refractivity contribution in [2.24, 2.45) is 0 Å². The van der Waals surface area contributed by atoms with Crippen LogP contribution >= 0.6 is 7.26 Å². The van der Waals surface area contributed by atoms with Crippen LogP contribution in [0.15, 0.2) is 109 Å². The number of hydrogen-bond acceptors (Lipinski definition) is 0. The molecule has 0 atom stereocenters. The summed E-state index contributed by atoms with van der Waals surface area (Å²) in [6.07, 6.45) is 0.583. The molecule has 0 aliphatic heterocycles. The van der Waals surface area contributed by atoms with Crippen molar-refractivity contribution >= 4 is 23.2 Å². The van der Waals surface area contributed by atoms with Crippen LogP contribution in [0.1, 0.15) is 5.56 Å². The van der Waals surface area contributed by atoms with Crippen LogP contribution < -0.4 is 15.9 Å². The van der Waals surface area contributed by atoms with Crippen molar-refractivity contribution < 1.29 is 8.78 Å². The summed E-state index contributed by atoms with van der Waals surface area (Å²) in [5.41, 5.74) is 0.681. The third-order valence-corrected chi connectivity index (χ3v) is 10.1. The molecule has 4 aromatic rings. The van der Waals surface area contributed by atoms with E-state index in [1.807, 2.05) is 54.6 Å². The topological polar surface area (TPSA) is 0 Å². The SMILES string of the molecule is Fc1cc(F)cc(C[PH](c2ccccc2)(c2ccccc2)c2ccccc2)c1. The van der Waals surface area contributed by atoms with Gasteiger partial charge < -0.3 is 0 Å². The molecule has 4 aromatic carbocycles. The Bertz CT molecular complexity index is 931. The first-order valence-corrected chi connectivity index (χ1v) is 11.5. The van der Waals surface area contributed by atoms with Crippen LogP contribution in [0.25, 0.3) is 0 Å². The molecule has 0 saturated heterocycles. The minimum absolute atomic E-state index is 0.535. The van der Waals surface area contributed by atoms with Gasteiger partial charge in [0.15, 0.2) is 0 Å². The molecule has 0 heterocycles. The molecule has 3 heteroatoms. The van der Waals surface area contributed by atoms with E-state index >= 15 is 0 Å². The maximum absolute atomic E-state index is 14.0. The Morgan fingerprint density at radius 2 is 0.857 bits per heavy atom. The van der Waals surface area contributed by atoms with Crippen molar-refractivity contribution in [1.29, 1.82) is 0 Å². The van der Waals surface area contributed by atoms with Gasteiger partial charge in [0.05, 0.1) is 0 Å². The van der Waals surface area contributed by atoms with Gasteiger partial charge in [0, 0.05) is 0 Å². The van der Waals surface area contributed by atoms with Gasteiger partial charge in [-0.3, -0.25) is 0 Å². The van der Waals surface area contributed by atoms with Crippen molar-refractivity contribution in [2.45, 2.75) is 6.16 Å². The van der Waals surface area contributed by atoms with E-state index in [1.54, 1.807) is 0 Å². The summed E-state index contributed by atoms with van der Waals surface area (Å²) < 4.78 is 28.0. The van der Waals surface area contributed by atoms with Gasteiger partial charge in [-0.15, -0.1) is 0 Å². The van der Waals surface area contributed by atoms with E-state index in [2.05, 4.69) is 36.4 Å². The van der Waals surface area contributed by atoms with Gasteiger partial charge in [-0.25, -0.2) is 0 Å². The van der Waals surface area contributed by atoms with E-state index in [0.29, 0.717) is 11.7 Å². The normalized spacial score (nSPS) is 11.9. The van der Waals surface area contributed by atoms with E-state index in [0.717, 1.165) is 6.07 Å².